The van der Waals surface area contributed by atoms with Crippen molar-refractivity contribution in [2.75, 3.05) is 11.9 Å². The summed E-state index contributed by atoms with van der Waals surface area (Å²) in [7, 11) is 1.94. The Bertz CT molecular complexity index is 1460. The molecule has 0 aliphatic heterocycles. The maximum atomic E-state index is 14.0. The van der Waals surface area contributed by atoms with Crippen LogP contribution < -0.4 is 16.2 Å². The number of rotatable bonds is 6. The molecule has 5 rings (SSSR count). The highest BCUT2D eigenvalue weighted by atomic mass is 16.1. The van der Waals surface area contributed by atoms with E-state index >= 15 is 0 Å². The molecule has 1 heterocycles. The lowest BCUT2D eigenvalue weighted by molar-refractivity contribution is 0.619. The number of fused-ring (bicyclic) bond motifs is 1. The Hall–Kier alpha value is -4.22. The molecule has 0 bridgehead atoms. The van der Waals surface area contributed by atoms with Crippen molar-refractivity contribution in [1.29, 1.82) is 0 Å². The van der Waals surface area contributed by atoms with Gasteiger partial charge in [0.15, 0.2) is 0 Å². The van der Waals surface area contributed by atoms with Gasteiger partial charge in [0.05, 0.1) is 16.9 Å². The number of anilines is 1. The van der Waals surface area contributed by atoms with E-state index in [4.69, 9.17) is 10.7 Å². The van der Waals surface area contributed by atoms with Crippen LogP contribution in [-0.4, -0.2) is 16.6 Å². The lowest BCUT2D eigenvalue weighted by atomic mass is 9.98. The average molecular weight is 461 g/mol. The minimum Gasteiger partial charge on any atom is -0.355 e. The monoisotopic (exact) mass is 460 g/mol. The van der Waals surface area contributed by atoms with Gasteiger partial charge in [-0.2, -0.15) is 0 Å². The third kappa shape index (κ3) is 4.34. The number of benzene rings is 4. The molecule has 4 aromatic carbocycles. The van der Waals surface area contributed by atoms with Crippen LogP contribution >= 0.6 is 0 Å². The zero-order chi connectivity index (χ0) is 24.4. The third-order valence-electron chi connectivity index (χ3n) is 6.51. The number of aromatic nitrogens is 2. The van der Waals surface area contributed by atoms with E-state index in [9.17, 15) is 4.79 Å². The van der Waals surface area contributed by atoms with E-state index in [0.717, 1.165) is 22.4 Å². The zero-order valence-corrected chi connectivity index (χ0v) is 19.9. The first-order valence-electron chi connectivity index (χ1n) is 11.7. The quantitative estimate of drug-likeness (QED) is 0.343. The maximum absolute atomic E-state index is 14.0. The first kappa shape index (κ1) is 22.6. The lowest BCUT2D eigenvalue weighted by Crippen LogP contribution is -2.32. The highest BCUT2D eigenvalue weighted by molar-refractivity contribution is 5.82. The molecule has 0 fully saturated rings. The summed E-state index contributed by atoms with van der Waals surface area (Å²) >= 11 is 0. The van der Waals surface area contributed by atoms with Crippen LogP contribution in [-0.2, 0) is 0 Å². The lowest BCUT2D eigenvalue weighted by Gasteiger charge is -2.28. The van der Waals surface area contributed by atoms with Crippen molar-refractivity contribution >= 4 is 16.6 Å². The summed E-state index contributed by atoms with van der Waals surface area (Å²) in [6, 6.07) is 35.6. The van der Waals surface area contributed by atoms with Gasteiger partial charge in [0, 0.05) is 12.7 Å². The molecule has 5 nitrogen and oxygen atoms in total. The summed E-state index contributed by atoms with van der Waals surface area (Å²) in [5.41, 5.74) is 11.1. The average Bonchev–Trinajstić information content (AvgIpc) is 2.91. The van der Waals surface area contributed by atoms with Crippen LogP contribution in [0.2, 0.25) is 0 Å². The fourth-order valence-electron chi connectivity index (χ4n) is 4.62. The first-order valence-corrected chi connectivity index (χ1v) is 11.7. The van der Waals surface area contributed by atoms with E-state index in [1.165, 1.54) is 0 Å². The van der Waals surface area contributed by atoms with E-state index in [-0.39, 0.29) is 17.8 Å². The van der Waals surface area contributed by atoms with Gasteiger partial charge in [0.1, 0.15) is 12.0 Å². The number of nitrogens with zero attached hydrogens (tertiary/aromatic N) is 3. The van der Waals surface area contributed by atoms with Gasteiger partial charge in [0.2, 0.25) is 0 Å². The summed E-state index contributed by atoms with van der Waals surface area (Å²) in [6.45, 7) is 1.89. The van der Waals surface area contributed by atoms with Crippen LogP contribution in [0.5, 0.6) is 0 Å². The Kier molecular flexibility index (Phi) is 6.17. The SMILES string of the molecule is Cc1nc2ccc(N(C)[C@H](N)c3ccccc3)cc2c(=O)n1C(c1ccccc1)c1ccccc1. The van der Waals surface area contributed by atoms with Crippen LogP contribution in [0, 0.1) is 6.92 Å². The standard InChI is InChI=1S/C30H28N4O/c1-21-32-27-19-18-25(33(2)29(31)24-16-10-5-11-17-24)20-26(27)30(35)34(21)28(22-12-6-3-7-13-22)23-14-8-4-9-15-23/h3-20,28-29H,31H2,1-2H3/t29-/m0/s1. The summed E-state index contributed by atoms with van der Waals surface area (Å²) in [5, 5.41) is 0.567. The van der Waals surface area contributed by atoms with Gasteiger partial charge in [-0.15, -0.1) is 0 Å². The molecule has 0 radical (unpaired) electrons. The van der Waals surface area contributed by atoms with Crippen LogP contribution in [0.3, 0.4) is 0 Å². The Labute approximate surface area is 205 Å². The predicted molar refractivity (Wildman–Crippen MR) is 143 cm³/mol. The van der Waals surface area contributed by atoms with E-state index in [1.54, 1.807) is 4.57 Å². The van der Waals surface area contributed by atoms with Crippen LogP contribution in [0.15, 0.2) is 114 Å². The Morgan fingerprint density at radius 2 is 1.29 bits per heavy atom. The molecule has 35 heavy (non-hydrogen) atoms. The molecule has 5 heteroatoms. The Morgan fingerprint density at radius 1 is 0.771 bits per heavy atom. The minimum atomic E-state index is -0.337. The molecule has 0 spiro atoms. The molecule has 0 aliphatic carbocycles. The summed E-state index contributed by atoms with van der Waals surface area (Å²) < 4.78 is 1.80. The molecule has 0 aliphatic rings. The molecule has 0 saturated heterocycles. The zero-order valence-electron chi connectivity index (χ0n) is 19.9. The fourth-order valence-corrected chi connectivity index (χ4v) is 4.62. The summed E-state index contributed by atoms with van der Waals surface area (Å²) in [6.07, 6.45) is -0.337. The molecule has 0 amide bonds. The highest BCUT2D eigenvalue weighted by Crippen LogP contribution is 2.29. The number of aryl methyl sites for hydroxylation is 1. The first-order chi connectivity index (χ1) is 17.0. The topological polar surface area (TPSA) is 64.2 Å². The van der Waals surface area contributed by atoms with Gasteiger partial charge in [-0.3, -0.25) is 9.36 Å². The van der Waals surface area contributed by atoms with Gasteiger partial charge in [0.25, 0.3) is 5.56 Å². The third-order valence-corrected chi connectivity index (χ3v) is 6.51. The van der Waals surface area contributed by atoms with Gasteiger partial charge in [-0.25, -0.2) is 4.98 Å². The molecule has 174 valence electrons. The maximum Gasteiger partial charge on any atom is 0.262 e. The van der Waals surface area contributed by atoms with Crippen LogP contribution in [0.4, 0.5) is 5.69 Å². The van der Waals surface area contributed by atoms with Crippen LogP contribution in [0.25, 0.3) is 10.9 Å². The van der Waals surface area contributed by atoms with E-state index < -0.39 is 0 Å². The molecule has 0 saturated carbocycles. The second kappa shape index (κ2) is 9.57. The van der Waals surface area contributed by atoms with Crippen molar-refractivity contribution in [3.8, 4) is 0 Å². The van der Waals surface area contributed by atoms with Gasteiger partial charge >= 0.3 is 0 Å². The van der Waals surface area contributed by atoms with Crippen molar-refractivity contribution in [1.82, 2.24) is 9.55 Å². The molecule has 5 aromatic rings. The van der Waals surface area contributed by atoms with E-state index in [1.807, 2.05) is 104 Å². The van der Waals surface area contributed by atoms with Crippen molar-refractivity contribution in [2.24, 2.45) is 5.73 Å². The fraction of sp³-hybridized carbons (Fsp3) is 0.133. The van der Waals surface area contributed by atoms with Gasteiger partial charge in [-0.1, -0.05) is 91.0 Å². The van der Waals surface area contributed by atoms with Crippen molar-refractivity contribution < 1.29 is 0 Å². The minimum absolute atomic E-state index is 0.0752. The van der Waals surface area contributed by atoms with E-state index in [2.05, 4.69) is 24.3 Å². The van der Waals surface area contributed by atoms with Crippen molar-refractivity contribution in [3.05, 3.63) is 142 Å². The summed E-state index contributed by atoms with van der Waals surface area (Å²) in [5.74, 6) is 0.669. The summed E-state index contributed by atoms with van der Waals surface area (Å²) in [4.78, 5) is 20.8. The molecule has 1 atom stereocenters. The molecule has 0 unspecified atom stereocenters. The Morgan fingerprint density at radius 3 is 1.83 bits per heavy atom. The van der Waals surface area contributed by atoms with Crippen molar-refractivity contribution in [3.63, 3.8) is 0 Å². The number of hydrogen-bond donors (Lipinski definition) is 1. The van der Waals surface area contributed by atoms with Gasteiger partial charge in [-0.05, 0) is 41.8 Å². The normalized spacial score (nSPS) is 12.1. The van der Waals surface area contributed by atoms with Gasteiger partial charge < -0.3 is 10.6 Å². The van der Waals surface area contributed by atoms with E-state index in [0.29, 0.717) is 16.7 Å². The Balaban J connectivity index is 1.66. The second-order valence-corrected chi connectivity index (χ2v) is 8.73. The van der Waals surface area contributed by atoms with Crippen molar-refractivity contribution in [2.45, 2.75) is 19.1 Å². The molecule has 2 N–H and O–H groups in total. The largest absolute Gasteiger partial charge is 0.355 e. The molecule has 1 aromatic heterocycles. The highest BCUT2D eigenvalue weighted by Gasteiger charge is 2.22. The number of hydrogen-bond acceptors (Lipinski definition) is 4. The molecular weight excluding hydrogens is 432 g/mol. The second-order valence-electron chi connectivity index (χ2n) is 8.73. The van der Waals surface area contributed by atoms with Crippen LogP contribution in [0.1, 0.15) is 34.7 Å². The smallest absolute Gasteiger partial charge is 0.262 e. The predicted octanol–water partition coefficient (Wildman–Crippen LogP) is 5.44. The number of nitrogens with two attached hydrogens (primary N) is 1. The molecular formula is C30H28N4O.